The highest BCUT2D eigenvalue weighted by molar-refractivity contribution is 9.10. The molecule has 0 heterocycles. The first kappa shape index (κ1) is 14.1. The number of phenolic OH excluding ortho intramolecular Hbond substituents is 1. The van der Waals surface area contributed by atoms with Gasteiger partial charge in [-0.15, -0.1) is 0 Å². The minimum absolute atomic E-state index is 0.208. The summed E-state index contributed by atoms with van der Waals surface area (Å²) in [5.41, 5.74) is 6.28. The number of phenols is 1. The lowest BCUT2D eigenvalue weighted by Crippen LogP contribution is -2.00. The number of ether oxygens (including phenoxy) is 2. The summed E-state index contributed by atoms with van der Waals surface area (Å²) in [5, 5.41) is 10.0. The lowest BCUT2D eigenvalue weighted by atomic mass is 10.1. The zero-order valence-corrected chi connectivity index (χ0v) is 11.7. The Morgan fingerprint density at radius 3 is 2.53 bits per heavy atom. The van der Waals surface area contributed by atoms with Gasteiger partial charge in [-0.3, -0.25) is 0 Å². The predicted octanol–water partition coefficient (Wildman–Crippen LogP) is 2.45. The molecular weight excluding hydrogens is 286 g/mol. The van der Waals surface area contributed by atoms with E-state index in [1.165, 1.54) is 7.11 Å². The molecule has 0 aliphatic rings. The van der Waals surface area contributed by atoms with Gasteiger partial charge in [0.15, 0.2) is 11.5 Å². The average Bonchev–Trinajstić information content (AvgIpc) is 2.34. The second kappa shape index (κ2) is 6.71. The van der Waals surface area contributed by atoms with Gasteiger partial charge in [-0.1, -0.05) is 0 Å². The molecule has 1 rings (SSSR count). The van der Waals surface area contributed by atoms with E-state index in [1.54, 1.807) is 13.2 Å². The highest BCUT2D eigenvalue weighted by Crippen LogP contribution is 2.43. The van der Waals surface area contributed by atoms with Gasteiger partial charge in [-0.25, -0.2) is 0 Å². The third-order valence-electron chi connectivity index (χ3n) is 2.56. The normalized spacial score (nSPS) is 10.4. The van der Waals surface area contributed by atoms with Crippen molar-refractivity contribution in [3.63, 3.8) is 0 Å². The number of aryl methyl sites for hydroxylation is 1. The Kier molecular flexibility index (Phi) is 5.58. The zero-order chi connectivity index (χ0) is 12.8. The van der Waals surface area contributed by atoms with Crippen molar-refractivity contribution in [3.05, 3.63) is 16.1 Å². The highest BCUT2D eigenvalue weighted by Gasteiger charge is 2.16. The maximum absolute atomic E-state index is 10.0. The molecule has 0 saturated heterocycles. The van der Waals surface area contributed by atoms with Gasteiger partial charge >= 0.3 is 0 Å². The minimum atomic E-state index is 0.208. The summed E-state index contributed by atoms with van der Waals surface area (Å²) in [5.74, 6) is 1.33. The van der Waals surface area contributed by atoms with Crippen LogP contribution in [0.3, 0.4) is 0 Å². The van der Waals surface area contributed by atoms with Gasteiger partial charge in [0.05, 0.1) is 14.2 Å². The molecular formula is C12H18BrNO3. The van der Waals surface area contributed by atoms with Crippen molar-refractivity contribution in [1.29, 1.82) is 0 Å². The maximum atomic E-state index is 10.0. The second-order valence-corrected chi connectivity index (χ2v) is 4.47. The van der Waals surface area contributed by atoms with Crippen molar-refractivity contribution in [2.45, 2.75) is 19.3 Å². The van der Waals surface area contributed by atoms with E-state index in [4.69, 9.17) is 15.2 Å². The van der Waals surface area contributed by atoms with Crippen molar-refractivity contribution in [1.82, 2.24) is 0 Å². The van der Waals surface area contributed by atoms with Crippen LogP contribution in [0.1, 0.15) is 18.4 Å². The van der Waals surface area contributed by atoms with Crippen LogP contribution in [0.5, 0.6) is 17.2 Å². The largest absolute Gasteiger partial charge is 0.506 e. The molecule has 0 aliphatic carbocycles. The van der Waals surface area contributed by atoms with Crippen LogP contribution in [0.15, 0.2) is 10.5 Å². The fourth-order valence-electron chi connectivity index (χ4n) is 1.64. The molecule has 0 amide bonds. The Hall–Kier alpha value is -0.940. The van der Waals surface area contributed by atoms with Gasteiger partial charge in [-0.05, 0) is 53.4 Å². The molecule has 17 heavy (non-hydrogen) atoms. The summed E-state index contributed by atoms with van der Waals surface area (Å²) < 4.78 is 10.9. The Bertz CT molecular complexity index is 383. The maximum Gasteiger partial charge on any atom is 0.178 e. The molecule has 0 fully saturated rings. The number of rotatable bonds is 6. The molecule has 5 heteroatoms. The lowest BCUT2D eigenvalue weighted by Gasteiger charge is -2.14. The molecule has 3 N–H and O–H groups in total. The van der Waals surface area contributed by atoms with E-state index < -0.39 is 0 Å². The van der Waals surface area contributed by atoms with E-state index in [0.29, 0.717) is 22.5 Å². The number of aromatic hydroxyl groups is 1. The van der Waals surface area contributed by atoms with Crippen LogP contribution in [0, 0.1) is 0 Å². The second-order valence-electron chi connectivity index (χ2n) is 3.68. The molecule has 0 bridgehead atoms. The summed E-state index contributed by atoms with van der Waals surface area (Å²) in [6.45, 7) is 0.662. The van der Waals surface area contributed by atoms with E-state index >= 15 is 0 Å². The smallest absolute Gasteiger partial charge is 0.178 e. The average molecular weight is 304 g/mol. The van der Waals surface area contributed by atoms with Crippen molar-refractivity contribution in [3.8, 4) is 17.2 Å². The molecule has 1 aromatic rings. The van der Waals surface area contributed by atoms with Crippen LogP contribution in [0.2, 0.25) is 0 Å². The van der Waals surface area contributed by atoms with Crippen molar-refractivity contribution >= 4 is 15.9 Å². The molecule has 0 radical (unpaired) electrons. The van der Waals surface area contributed by atoms with E-state index in [-0.39, 0.29) is 5.75 Å². The standard InChI is InChI=1S/C12H18BrNO3/c1-16-9-7-8(5-3-4-6-14)11(15)10(13)12(9)17-2/h7,15H,3-6,14H2,1-2H3. The molecule has 0 saturated carbocycles. The van der Waals surface area contributed by atoms with Crippen molar-refractivity contribution < 1.29 is 14.6 Å². The van der Waals surface area contributed by atoms with Crippen LogP contribution >= 0.6 is 15.9 Å². The van der Waals surface area contributed by atoms with Crippen LogP contribution in [-0.2, 0) is 6.42 Å². The van der Waals surface area contributed by atoms with Crippen molar-refractivity contribution in [2.75, 3.05) is 20.8 Å². The van der Waals surface area contributed by atoms with Gasteiger partial charge in [0.2, 0.25) is 0 Å². The minimum Gasteiger partial charge on any atom is -0.506 e. The summed E-state index contributed by atoms with van der Waals surface area (Å²) in [6, 6.07) is 1.80. The topological polar surface area (TPSA) is 64.7 Å². The number of benzene rings is 1. The number of nitrogens with two attached hydrogens (primary N) is 1. The van der Waals surface area contributed by atoms with E-state index in [0.717, 1.165) is 24.8 Å². The first-order valence-electron chi connectivity index (χ1n) is 5.48. The van der Waals surface area contributed by atoms with Gasteiger partial charge in [-0.2, -0.15) is 0 Å². The Labute approximate surface area is 110 Å². The first-order valence-corrected chi connectivity index (χ1v) is 6.27. The molecule has 0 spiro atoms. The van der Waals surface area contributed by atoms with E-state index in [1.807, 2.05) is 0 Å². The molecule has 96 valence electrons. The van der Waals surface area contributed by atoms with Gasteiger partial charge in [0, 0.05) is 0 Å². The SMILES string of the molecule is COc1cc(CCCCN)c(O)c(Br)c1OC. The Morgan fingerprint density at radius 1 is 1.29 bits per heavy atom. The van der Waals surface area contributed by atoms with Gasteiger partial charge < -0.3 is 20.3 Å². The van der Waals surface area contributed by atoms with E-state index in [9.17, 15) is 5.11 Å². The molecule has 4 nitrogen and oxygen atoms in total. The summed E-state index contributed by atoms with van der Waals surface area (Å²) in [7, 11) is 3.11. The Balaban J connectivity index is 3.02. The molecule has 0 unspecified atom stereocenters. The van der Waals surface area contributed by atoms with Crippen LogP contribution in [0.4, 0.5) is 0 Å². The molecule has 1 aromatic carbocycles. The first-order chi connectivity index (χ1) is 8.15. The third-order valence-corrected chi connectivity index (χ3v) is 3.30. The summed E-state index contributed by atoms with van der Waals surface area (Å²) >= 11 is 3.31. The summed E-state index contributed by atoms with van der Waals surface area (Å²) in [6.07, 6.45) is 2.64. The molecule has 0 atom stereocenters. The van der Waals surface area contributed by atoms with Crippen LogP contribution in [-0.4, -0.2) is 25.9 Å². The fourth-order valence-corrected chi connectivity index (χ4v) is 2.25. The predicted molar refractivity (Wildman–Crippen MR) is 70.9 cm³/mol. The third kappa shape index (κ3) is 3.26. The van der Waals surface area contributed by atoms with Crippen molar-refractivity contribution in [2.24, 2.45) is 5.73 Å². The van der Waals surface area contributed by atoms with Gasteiger partial charge in [0.25, 0.3) is 0 Å². The van der Waals surface area contributed by atoms with Crippen LogP contribution < -0.4 is 15.2 Å². The fraction of sp³-hybridized carbons (Fsp3) is 0.500. The number of halogens is 1. The monoisotopic (exact) mass is 303 g/mol. The molecule has 0 aromatic heterocycles. The summed E-state index contributed by atoms with van der Waals surface area (Å²) in [4.78, 5) is 0. The molecule has 0 aliphatic heterocycles. The Morgan fingerprint density at radius 2 is 2.00 bits per heavy atom. The van der Waals surface area contributed by atoms with E-state index in [2.05, 4.69) is 15.9 Å². The van der Waals surface area contributed by atoms with Gasteiger partial charge in [0.1, 0.15) is 10.2 Å². The number of hydrogen-bond donors (Lipinski definition) is 2. The number of methoxy groups -OCH3 is 2. The zero-order valence-electron chi connectivity index (χ0n) is 10.1. The highest BCUT2D eigenvalue weighted by atomic mass is 79.9. The lowest BCUT2D eigenvalue weighted by molar-refractivity contribution is 0.347. The number of hydrogen-bond acceptors (Lipinski definition) is 4. The quantitative estimate of drug-likeness (QED) is 0.792. The number of unbranched alkanes of at least 4 members (excludes halogenated alkanes) is 1. The van der Waals surface area contributed by atoms with Crippen LogP contribution in [0.25, 0.3) is 0 Å².